The third-order valence-electron chi connectivity index (χ3n) is 3.33. The molecule has 0 bridgehead atoms. The van der Waals surface area contributed by atoms with E-state index in [4.69, 9.17) is 5.73 Å². The lowest BCUT2D eigenvalue weighted by Gasteiger charge is -2.33. The van der Waals surface area contributed by atoms with Crippen LogP contribution < -0.4 is 5.73 Å². The fraction of sp³-hybridized carbons (Fsp3) is 0.500. The number of rotatable bonds is 3. The highest BCUT2D eigenvalue weighted by Crippen LogP contribution is 2.29. The van der Waals surface area contributed by atoms with Gasteiger partial charge in [0.05, 0.1) is 0 Å². The van der Waals surface area contributed by atoms with E-state index < -0.39 is 0 Å². The molecular formula is C14H20N2OS. The van der Waals surface area contributed by atoms with Gasteiger partial charge in [-0.3, -0.25) is 4.79 Å². The molecular weight excluding hydrogens is 244 g/mol. The Morgan fingerprint density at radius 3 is 2.78 bits per heavy atom. The summed E-state index contributed by atoms with van der Waals surface area (Å²) in [5, 5.41) is -0.100. The fourth-order valence-corrected chi connectivity index (χ4v) is 3.16. The number of benzene rings is 1. The Labute approximate surface area is 113 Å². The second-order valence-corrected chi connectivity index (χ2v) is 5.66. The molecule has 1 heterocycles. The zero-order chi connectivity index (χ0) is 13.0. The Bertz CT molecular complexity index is 396. The Hall–Kier alpha value is -1.00. The lowest BCUT2D eigenvalue weighted by atomic mass is 10.0. The predicted molar refractivity (Wildman–Crippen MR) is 76.5 cm³/mol. The molecule has 4 heteroatoms. The molecule has 18 heavy (non-hydrogen) atoms. The van der Waals surface area contributed by atoms with Crippen LogP contribution in [0.15, 0.2) is 30.3 Å². The highest BCUT2D eigenvalue weighted by atomic mass is 32.2. The first-order valence-electron chi connectivity index (χ1n) is 6.34. The minimum atomic E-state index is -0.100. The van der Waals surface area contributed by atoms with Crippen molar-refractivity contribution in [2.24, 2.45) is 5.73 Å². The number of hydrogen-bond donors (Lipinski definition) is 1. The van der Waals surface area contributed by atoms with Gasteiger partial charge in [0.15, 0.2) is 0 Å². The number of hydrogen-bond acceptors (Lipinski definition) is 3. The van der Waals surface area contributed by atoms with E-state index in [0.29, 0.717) is 6.54 Å². The monoisotopic (exact) mass is 264 g/mol. The number of nitrogens with two attached hydrogens (primary N) is 1. The van der Waals surface area contributed by atoms with E-state index in [1.807, 2.05) is 41.5 Å². The van der Waals surface area contributed by atoms with Crippen LogP contribution in [0.5, 0.6) is 0 Å². The summed E-state index contributed by atoms with van der Waals surface area (Å²) >= 11 is 1.59. The Morgan fingerprint density at radius 2 is 2.17 bits per heavy atom. The molecule has 0 radical (unpaired) electrons. The number of piperidine rings is 1. The summed E-state index contributed by atoms with van der Waals surface area (Å²) in [6.45, 7) is 1.54. The highest BCUT2D eigenvalue weighted by molar-refractivity contribution is 7.99. The van der Waals surface area contributed by atoms with Crippen LogP contribution in [0.1, 0.15) is 23.7 Å². The van der Waals surface area contributed by atoms with Gasteiger partial charge in [0.25, 0.3) is 0 Å². The summed E-state index contributed by atoms with van der Waals surface area (Å²) in [7, 11) is 0. The summed E-state index contributed by atoms with van der Waals surface area (Å²) in [6, 6.07) is 10.1. The molecule has 1 amide bonds. The van der Waals surface area contributed by atoms with Gasteiger partial charge >= 0.3 is 0 Å². The van der Waals surface area contributed by atoms with Crippen LogP contribution in [0.25, 0.3) is 0 Å². The maximum absolute atomic E-state index is 12.5. The maximum atomic E-state index is 12.5. The molecule has 3 nitrogen and oxygen atoms in total. The third kappa shape index (κ3) is 3.06. The van der Waals surface area contributed by atoms with Crippen LogP contribution in [0.4, 0.5) is 0 Å². The van der Waals surface area contributed by atoms with Gasteiger partial charge in [-0.1, -0.05) is 30.3 Å². The van der Waals surface area contributed by atoms with Gasteiger partial charge < -0.3 is 10.6 Å². The van der Waals surface area contributed by atoms with Crippen LogP contribution in [0.2, 0.25) is 0 Å². The van der Waals surface area contributed by atoms with Gasteiger partial charge in [-0.25, -0.2) is 0 Å². The van der Waals surface area contributed by atoms with E-state index in [1.54, 1.807) is 11.8 Å². The van der Waals surface area contributed by atoms with E-state index in [2.05, 4.69) is 0 Å². The van der Waals surface area contributed by atoms with Crippen LogP contribution in [-0.2, 0) is 4.79 Å². The molecule has 0 aromatic heterocycles. The number of amides is 1. The van der Waals surface area contributed by atoms with Crippen molar-refractivity contribution in [1.29, 1.82) is 0 Å². The first kappa shape index (κ1) is 13.4. The van der Waals surface area contributed by atoms with Crippen molar-refractivity contribution in [3.8, 4) is 0 Å². The average molecular weight is 264 g/mol. The van der Waals surface area contributed by atoms with E-state index in [0.717, 1.165) is 24.9 Å². The summed E-state index contributed by atoms with van der Waals surface area (Å²) < 4.78 is 0. The first-order valence-corrected chi connectivity index (χ1v) is 7.63. The largest absolute Gasteiger partial charge is 0.340 e. The molecule has 2 atom stereocenters. The van der Waals surface area contributed by atoms with Crippen LogP contribution >= 0.6 is 11.8 Å². The van der Waals surface area contributed by atoms with Crippen molar-refractivity contribution in [1.82, 2.24) is 4.90 Å². The van der Waals surface area contributed by atoms with Crippen molar-refractivity contribution < 1.29 is 4.79 Å². The predicted octanol–water partition coefficient (Wildman–Crippen LogP) is 2.04. The molecule has 1 aromatic rings. The second-order valence-electron chi connectivity index (χ2n) is 4.71. The Kier molecular flexibility index (Phi) is 4.66. The molecule has 0 aliphatic carbocycles. The van der Waals surface area contributed by atoms with Crippen LogP contribution in [0.3, 0.4) is 0 Å². The van der Waals surface area contributed by atoms with Crippen molar-refractivity contribution in [3.63, 3.8) is 0 Å². The van der Waals surface area contributed by atoms with E-state index in [-0.39, 0.29) is 17.2 Å². The smallest absolute Gasteiger partial charge is 0.240 e. The van der Waals surface area contributed by atoms with Gasteiger partial charge in [-0.05, 0) is 24.7 Å². The summed E-state index contributed by atoms with van der Waals surface area (Å²) in [6.07, 6.45) is 4.03. The second kappa shape index (κ2) is 6.25. The highest BCUT2D eigenvalue weighted by Gasteiger charge is 2.28. The fourth-order valence-electron chi connectivity index (χ4n) is 2.38. The molecule has 1 saturated heterocycles. The molecule has 1 fully saturated rings. The van der Waals surface area contributed by atoms with Crippen molar-refractivity contribution in [2.45, 2.75) is 24.1 Å². The van der Waals surface area contributed by atoms with Crippen LogP contribution in [-0.4, -0.2) is 36.2 Å². The SMILES string of the molecule is CS[C@@H](C(=O)N1CCC[C@@H](N)C1)c1ccccc1. The standard InChI is InChI=1S/C14H20N2OS/c1-18-13(11-6-3-2-4-7-11)14(17)16-9-5-8-12(15)10-16/h2-4,6-7,12-13H,5,8-10,15H2,1H3/t12-,13-/m1/s1. The third-order valence-corrected chi connectivity index (χ3v) is 4.28. The summed E-state index contributed by atoms with van der Waals surface area (Å²) in [5.74, 6) is 0.198. The van der Waals surface area contributed by atoms with Crippen molar-refractivity contribution >= 4 is 17.7 Å². The molecule has 0 unspecified atom stereocenters. The Balaban J connectivity index is 2.10. The minimum Gasteiger partial charge on any atom is -0.340 e. The number of thioether (sulfide) groups is 1. The number of nitrogens with zero attached hydrogens (tertiary/aromatic N) is 1. The molecule has 1 aliphatic heterocycles. The number of carbonyl (C=O) groups is 1. The molecule has 2 N–H and O–H groups in total. The summed E-state index contributed by atoms with van der Waals surface area (Å²) in [5.41, 5.74) is 7.02. The van der Waals surface area contributed by atoms with E-state index >= 15 is 0 Å². The molecule has 0 saturated carbocycles. The molecule has 0 spiro atoms. The molecule has 2 rings (SSSR count). The van der Waals surface area contributed by atoms with Gasteiger partial charge in [0.2, 0.25) is 5.91 Å². The number of carbonyl (C=O) groups excluding carboxylic acids is 1. The lowest BCUT2D eigenvalue weighted by Crippen LogP contribution is -2.46. The maximum Gasteiger partial charge on any atom is 0.240 e. The number of likely N-dealkylation sites (tertiary alicyclic amines) is 1. The first-order chi connectivity index (χ1) is 8.72. The topological polar surface area (TPSA) is 46.3 Å². The van der Waals surface area contributed by atoms with Gasteiger partial charge in [0, 0.05) is 19.1 Å². The Morgan fingerprint density at radius 1 is 1.44 bits per heavy atom. The average Bonchev–Trinajstić information content (AvgIpc) is 2.41. The van der Waals surface area contributed by atoms with E-state index in [1.165, 1.54) is 0 Å². The molecule has 1 aromatic carbocycles. The van der Waals surface area contributed by atoms with Gasteiger partial charge in [-0.15, -0.1) is 11.8 Å². The van der Waals surface area contributed by atoms with Gasteiger partial charge in [-0.2, -0.15) is 0 Å². The lowest BCUT2D eigenvalue weighted by molar-refractivity contribution is -0.131. The van der Waals surface area contributed by atoms with E-state index in [9.17, 15) is 4.79 Å². The quantitative estimate of drug-likeness (QED) is 0.909. The molecule has 98 valence electrons. The van der Waals surface area contributed by atoms with Crippen LogP contribution in [0, 0.1) is 0 Å². The normalized spacial score (nSPS) is 21.7. The van der Waals surface area contributed by atoms with Crippen molar-refractivity contribution in [3.05, 3.63) is 35.9 Å². The summed E-state index contributed by atoms with van der Waals surface area (Å²) in [4.78, 5) is 14.4. The zero-order valence-electron chi connectivity index (χ0n) is 10.7. The minimum absolute atomic E-state index is 0.100. The molecule has 1 aliphatic rings. The van der Waals surface area contributed by atoms with Gasteiger partial charge in [0.1, 0.15) is 5.25 Å². The van der Waals surface area contributed by atoms with Crippen molar-refractivity contribution in [2.75, 3.05) is 19.3 Å². The zero-order valence-corrected chi connectivity index (χ0v) is 11.5.